The molecule has 0 radical (unpaired) electrons. The molecule has 140 valence electrons. The summed E-state index contributed by atoms with van der Waals surface area (Å²) < 4.78 is 2.10. The van der Waals surface area contributed by atoms with Crippen LogP contribution in [-0.2, 0) is 20.0 Å². The van der Waals surface area contributed by atoms with Crippen LogP contribution in [-0.4, -0.2) is 32.5 Å². The van der Waals surface area contributed by atoms with E-state index in [1.165, 1.54) is 5.69 Å². The molecule has 1 fully saturated rings. The predicted molar refractivity (Wildman–Crippen MR) is 109 cm³/mol. The topological polar surface area (TPSA) is 34.0 Å². The first-order chi connectivity index (χ1) is 13.2. The smallest absolute Gasteiger partial charge is 0.122 e. The van der Waals surface area contributed by atoms with Crippen LogP contribution in [0, 0.1) is 0 Å². The van der Waals surface area contributed by atoms with Gasteiger partial charge in [-0.05, 0) is 49.7 Å². The van der Waals surface area contributed by atoms with Crippen molar-refractivity contribution in [2.45, 2.75) is 31.7 Å². The van der Waals surface area contributed by atoms with Gasteiger partial charge in [-0.2, -0.15) is 0 Å². The summed E-state index contributed by atoms with van der Waals surface area (Å²) in [4.78, 5) is 11.9. The van der Waals surface area contributed by atoms with Crippen LogP contribution >= 0.6 is 11.6 Å². The molecule has 27 heavy (non-hydrogen) atoms. The van der Waals surface area contributed by atoms with Crippen LogP contribution in [0.25, 0.3) is 0 Å². The van der Waals surface area contributed by atoms with E-state index >= 15 is 0 Å². The molecule has 0 bridgehead atoms. The van der Waals surface area contributed by atoms with Crippen LogP contribution in [0.3, 0.4) is 0 Å². The van der Waals surface area contributed by atoms with Crippen molar-refractivity contribution in [3.05, 3.63) is 82.7 Å². The summed E-state index contributed by atoms with van der Waals surface area (Å²) in [5.74, 6) is 1.67. The van der Waals surface area contributed by atoms with Crippen LogP contribution in [0.2, 0.25) is 5.02 Å². The normalized spacial score (nSPS) is 15.9. The minimum Gasteiger partial charge on any atom is -0.337 e. The van der Waals surface area contributed by atoms with E-state index in [2.05, 4.69) is 45.8 Å². The summed E-state index contributed by atoms with van der Waals surface area (Å²) in [6, 6.07) is 14.4. The molecule has 1 aliphatic heterocycles. The summed E-state index contributed by atoms with van der Waals surface area (Å²) in [6.45, 7) is 3.11. The Morgan fingerprint density at radius 1 is 1.07 bits per heavy atom. The maximum absolute atomic E-state index is 6.31. The summed E-state index contributed by atoms with van der Waals surface area (Å²) in [7, 11) is 2.06. The lowest BCUT2D eigenvalue weighted by molar-refractivity contribution is 0.197. The average Bonchev–Trinajstić information content (AvgIpc) is 3.09. The van der Waals surface area contributed by atoms with Gasteiger partial charge in [0.1, 0.15) is 5.82 Å². The van der Waals surface area contributed by atoms with E-state index in [1.807, 2.05) is 30.6 Å². The van der Waals surface area contributed by atoms with Crippen molar-refractivity contribution in [2.75, 3.05) is 13.1 Å². The van der Waals surface area contributed by atoms with Gasteiger partial charge in [0.15, 0.2) is 0 Å². The second-order valence-electron chi connectivity index (χ2n) is 7.33. The number of rotatable bonds is 5. The molecule has 5 heteroatoms. The highest BCUT2D eigenvalue weighted by atomic mass is 35.5. The van der Waals surface area contributed by atoms with Gasteiger partial charge >= 0.3 is 0 Å². The lowest BCUT2D eigenvalue weighted by atomic mass is 9.92. The third-order valence-corrected chi connectivity index (χ3v) is 5.82. The molecule has 3 aromatic rings. The van der Waals surface area contributed by atoms with Crippen molar-refractivity contribution in [1.82, 2.24) is 19.4 Å². The van der Waals surface area contributed by atoms with Crippen LogP contribution in [0.4, 0.5) is 0 Å². The first-order valence-corrected chi connectivity index (χ1v) is 9.94. The van der Waals surface area contributed by atoms with Crippen LogP contribution in [0.1, 0.15) is 41.5 Å². The van der Waals surface area contributed by atoms with Gasteiger partial charge in [0, 0.05) is 48.2 Å². The minimum absolute atomic E-state index is 0.536. The van der Waals surface area contributed by atoms with Gasteiger partial charge in [0.05, 0.1) is 6.54 Å². The van der Waals surface area contributed by atoms with Gasteiger partial charge in [-0.15, -0.1) is 0 Å². The van der Waals surface area contributed by atoms with E-state index in [1.54, 1.807) is 0 Å². The zero-order valence-electron chi connectivity index (χ0n) is 15.7. The minimum atomic E-state index is 0.536. The van der Waals surface area contributed by atoms with Crippen molar-refractivity contribution in [2.24, 2.45) is 7.05 Å². The Bertz CT molecular complexity index is 897. The molecular weight excluding hydrogens is 356 g/mol. The van der Waals surface area contributed by atoms with Crippen molar-refractivity contribution in [3.63, 3.8) is 0 Å². The van der Waals surface area contributed by atoms with Gasteiger partial charge in [0.25, 0.3) is 0 Å². The van der Waals surface area contributed by atoms with E-state index in [4.69, 9.17) is 16.6 Å². The Labute approximate surface area is 165 Å². The Morgan fingerprint density at radius 3 is 2.63 bits per heavy atom. The number of piperidine rings is 1. The van der Waals surface area contributed by atoms with Gasteiger partial charge < -0.3 is 4.57 Å². The monoisotopic (exact) mass is 380 g/mol. The van der Waals surface area contributed by atoms with Crippen molar-refractivity contribution >= 4 is 11.6 Å². The lowest BCUT2D eigenvalue weighted by Gasteiger charge is -2.31. The predicted octanol–water partition coefficient (Wildman–Crippen LogP) is 4.44. The van der Waals surface area contributed by atoms with E-state index in [9.17, 15) is 0 Å². The number of hydrogen-bond acceptors (Lipinski definition) is 3. The second-order valence-corrected chi connectivity index (χ2v) is 7.73. The standard InChI is InChI=1S/C22H25ClN4/c1-26-14-11-24-22(26)16-27-12-9-17(10-13-27)21-8-4-6-19(25-21)15-18-5-2-3-7-20(18)23/h2-8,11,14,17H,9-10,12-13,15-16H2,1H3. The third-order valence-electron chi connectivity index (χ3n) is 5.45. The highest BCUT2D eigenvalue weighted by Crippen LogP contribution is 2.28. The van der Waals surface area contributed by atoms with Gasteiger partial charge in [-0.1, -0.05) is 35.9 Å². The molecule has 0 N–H and O–H groups in total. The Morgan fingerprint density at radius 2 is 1.89 bits per heavy atom. The lowest BCUT2D eigenvalue weighted by Crippen LogP contribution is -2.33. The SMILES string of the molecule is Cn1ccnc1CN1CCC(c2cccc(Cc3ccccc3Cl)n2)CC1. The average molecular weight is 381 g/mol. The molecule has 0 saturated carbocycles. The summed E-state index contributed by atoms with van der Waals surface area (Å²) in [6.07, 6.45) is 6.96. The van der Waals surface area contributed by atoms with E-state index in [0.29, 0.717) is 5.92 Å². The summed E-state index contributed by atoms with van der Waals surface area (Å²) >= 11 is 6.31. The molecule has 0 atom stereocenters. The number of nitrogens with zero attached hydrogens (tertiary/aromatic N) is 4. The van der Waals surface area contributed by atoms with Crippen LogP contribution in [0.5, 0.6) is 0 Å². The third kappa shape index (κ3) is 4.40. The quantitative estimate of drug-likeness (QED) is 0.656. The molecule has 0 spiro atoms. The molecule has 2 aromatic heterocycles. The maximum atomic E-state index is 6.31. The van der Waals surface area contributed by atoms with Crippen molar-refractivity contribution in [3.8, 4) is 0 Å². The maximum Gasteiger partial charge on any atom is 0.122 e. The van der Waals surface area contributed by atoms with Crippen LogP contribution < -0.4 is 0 Å². The number of aryl methyl sites for hydroxylation is 1. The molecule has 3 heterocycles. The summed E-state index contributed by atoms with van der Waals surface area (Å²) in [5.41, 5.74) is 3.45. The number of aromatic nitrogens is 3. The number of halogens is 1. The molecule has 1 aliphatic rings. The molecule has 4 rings (SSSR count). The van der Waals surface area contributed by atoms with E-state index in [-0.39, 0.29) is 0 Å². The fourth-order valence-corrected chi connectivity index (χ4v) is 4.00. The van der Waals surface area contributed by atoms with Gasteiger partial charge in [-0.25, -0.2) is 4.98 Å². The second kappa shape index (κ2) is 8.24. The van der Waals surface area contributed by atoms with E-state index < -0.39 is 0 Å². The number of hydrogen-bond donors (Lipinski definition) is 0. The highest BCUT2D eigenvalue weighted by Gasteiger charge is 2.22. The van der Waals surface area contributed by atoms with Gasteiger partial charge in [0.2, 0.25) is 0 Å². The molecule has 0 aliphatic carbocycles. The molecular formula is C22H25ClN4. The molecule has 4 nitrogen and oxygen atoms in total. The zero-order chi connectivity index (χ0) is 18.6. The fraction of sp³-hybridized carbons (Fsp3) is 0.364. The number of imidazole rings is 1. The first kappa shape index (κ1) is 18.2. The summed E-state index contributed by atoms with van der Waals surface area (Å²) in [5, 5.41) is 0.812. The number of likely N-dealkylation sites (tertiary alicyclic amines) is 1. The molecule has 1 saturated heterocycles. The highest BCUT2D eigenvalue weighted by molar-refractivity contribution is 6.31. The first-order valence-electron chi connectivity index (χ1n) is 9.57. The molecule has 0 unspecified atom stereocenters. The molecule has 0 amide bonds. The van der Waals surface area contributed by atoms with Crippen molar-refractivity contribution in [1.29, 1.82) is 0 Å². The number of pyridine rings is 1. The number of benzene rings is 1. The van der Waals surface area contributed by atoms with Gasteiger partial charge in [-0.3, -0.25) is 9.88 Å². The Balaban J connectivity index is 1.38. The van der Waals surface area contributed by atoms with E-state index in [0.717, 1.165) is 61.0 Å². The molecule has 1 aromatic carbocycles. The Hall–Kier alpha value is -2.17. The zero-order valence-corrected chi connectivity index (χ0v) is 16.4. The van der Waals surface area contributed by atoms with Crippen LogP contribution in [0.15, 0.2) is 54.9 Å². The van der Waals surface area contributed by atoms with Crippen molar-refractivity contribution < 1.29 is 0 Å². The largest absolute Gasteiger partial charge is 0.337 e. The Kier molecular flexibility index (Phi) is 5.55. The fourth-order valence-electron chi connectivity index (χ4n) is 3.80.